The van der Waals surface area contributed by atoms with Gasteiger partial charge in [-0.2, -0.15) is 0 Å². The molecule has 0 aliphatic carbocycles. The highest BCUT2D eigenvalue weighted by Crippen LogP contribution is 2.30. The van der Waals surface area contributed by atoms with Gasteiger partial charge in [-0.25, -0.2) is 8.42 Å². The van der Waals surface area contributed by atoms with Crippen LogP contribution in [-0.4, -0.2) is 44.3 Å². The van der Waals surface area contributed by atoms with Crippen molar-refractivity contribution in [3.8, 4) is 0 Å². The van der Waals surface area contributed by atoms with Crippen molar-refractivity contribution in [2.24, 2.45) is 0 Å². The maximum absolute atomic E-state index is 14.0. The molecule has 3 rings (SSSR count). The molecule has 0 aliphatic rings. The first-order valence-electron chi connectivity index (χ1n) is 12.6. The van der Waals surface area contributed by atoms with Crippen molar-refractivity contribution < 1.29 is 18.0 Å². The number of hydrogen-bond donors (Lipinski definition) is 1. The van der Waals surface area contributed by atoms with E-state index in [1.54, 1.807) is 42.5 Å². The maximum Gasteiger partial charge on any atom is 0.264 e. The Morgan fingerprint density at radius 3 is 2.26 bits per heavy atom. The second-order valence-electron chi connectivity index (χ2n) is 9.00. The van der Waals surface area contributed by atoms with Crippen molar-refractivity contribution in [2.75, 3.05) is 17.4 Å². The molecule has 0 aliphatic heterocycles. The molecule has 0 fully saturated rings. The van der Waals surface area contributed by atoms with Crippen LogP contribution in [0.3, 0.4) is 0 Å². The first-order valence-corrected chi connectivity index (χ1v) is 14.5. The average Bonchev–Trinajstić information content (AvgIpc) is 2.91. The Labute approximate surface area is 230 Å². The summed E-state index contributed by atoms with van der Waals surface area (Å²) < 4.78 is 28.6. The van der Waals surface area contributed by atoms with Crippen molar-refractivity contribution in [1.82, 2.24) is 10.2 Å². The van der Waals surface area contributed by atoms with Crippen LogP contribution in [0.4, 0.5) is 5.69 Å². The summed E-state index contributed by atoms with van der Waals surface area (Å²) in [7, 11) is -4.15. The summed E-state index contributed by atoms with van der Waals surface area (Å²) in [5.74, 6) is -0.782. The highest BCUT2D eigenvalue weighted by molar-refractivity contribution is 7.92. The van der Waals surface area contributed by atoms with Gasteiger partial charge in [-0.15, -0.1) is 0 Å². The number of carbonyl (C=O) groups is 2. The van der Waals surface area contributed by atoms with E-state index >= 15 is 0 Å². The summed E-state index contributed by atoms with van der Waals surface area (Å²) in [5, 5.41) is 3.07. The molecule has 1 atom stereocenters. The molecule has 202 valence electrons. The maximum atomic E-state index is 14.0. The zero-order chi connectivity index (χ0) is 27.7. The number of hydrogen-bond acceptors (Lipinski definition) is 4. The molecule has 0 heterocycles. The molecule has 0 unspecified atom stereocenters. The highest BCUT2D eigenvalue weighted by atomic mass is 35.5. The molecule has 9 heteroatoms. The number of nitrogens with zero attached hydrogens (tertiary/aromatic N) is 2. The van der Waals surface area contributed by atoms with Crippen LogP contribution in [0.1, 0.15) is 37.8 Å². The van der Waals surface area contributed by atoms with Gasteiger partial charge in [0.2, 0.25) is 11.8 Å². The van der Waals surface area contributed by atoms with Crippen LogP contribution in [-0.2, 0) is 26.2 Å². The van der Waals surface area contributed by atoms with Gasteiger partial charge in [0.1, 0.15) is 12.6 Å². The number of sulfonamides is 1. The molecule has 0 bridgehead atoms. The lowest BCUT2D eigenvalue weighted by Crippen LogP contribution is -2.52. The standard InChI is InChI=1S/C29H34ClN3O4S/c1-4-18-31-29(35)26(5-2)32(20-23-13-11-12-22(3)19-23)28(34)21-33(27-17-10-9-16-25(27)30)38(36,37)24-14-7-6-8-15-24/h6-17,19,26H,4-5,18,20-21H2,1-3H3,(H,31,35)/t26-/m1/s1. The fraction of sp³-hybridized carbons (Fsp3) is 0.310. The van der Waals surface area contributed by atoms with E-state index in [9.17, 15) is 18.0 Å². The van der Waals surface area contributed by atoms with Crippen LogP contribution in [0.5, 0.6) is 0 Å². The number of benzene rings is 3. The Morgan fingerprint density at radius 1 is 0.947 bits per heavy atom. The Morgan fingerprint density at radius 2 is 1.63 bits per heavy atom. The Bertz CT molecular complexity index is 1350. The Kier molecular flexibility index (Phi) is 10.3. The SMILES string of the molecule is CCCNC(=O)[C@@H](CC)N(Cc1cccc(C)c1)C(=O)CN(c1ccccc1Cl)S(=O)(=O)c1ccccc1. The van der Waals surface area contributed by atoms with Gasteiger partial charge in [0, 0.05) is 13.1 Å². The summed E-state index contributed by atoms with van der Waals surface area (Å²) in [6, 6.07) is 21.3. The van der Waals surface area contributed by atoms with E-state index in [4.69, 9.17) is 11.6 Å². The van der Waals surface area contributed by atoms with Crippen molar-refractivity contribution in [3.05, 3.63) is 95.0 Å². The second kappa shape index (κ2) is 13.4. The van der Waals surface area contributed by atoms with Gasteiger partial charge in [-0.3, -0.25) is 13.9 Å². The summed E-state index contributed by atoms with van der Waals surface area (Å²) in [5.41, 5.74) is 2.04. The van der Waals surface area contributed by atoms with Gasteiger partial charge in [-0.1, -0.05) is 85.6 Å². The van der Waals surface area contributed by atoms with E-state index in [1.807, 2.05) is 45.0 Å². The number of carbonyl (C=O) groups excluding carboxylic acids is 2. The average molecular weight is 556 g/mol. The summed E-state index contributed by atoms with van der Waals surface area (Å²) >= 11 is 6.43. The van der Waals surface area contributed by atoms with E-state index in [0.29, 0.717) is 13.0 Å². The molecular weight excluding hydrogens is 522 g/mol. The predicted octanol–water partition coefficient (Wildman–Crippen LogP) is 5.18. The molecule has 0 aromatic heterocycles. The molecular formula is C29H34ClN3O4S. The topological polar surface area (TPSA) is 86.8 Å². The lowest BCUT2D eigenvalue weighted by atomic mass is 10.1. The first-order chi connectivity index (χ1) is 18.2. The number of para-hydroxylation sites is 1. The molecule has 7 nitrogen and oxygen atoms in total. The number of anilines is 1. The van der Waals surface area contributed by atoms with E-state index < -0.39 is 28.5 Å². The van der Waals surface area contributed by atoms with Crippen LogP contribution in [0, 0.1) is 6.92 Å². The fourth-order valence-electron chi connectivity index (χ4n) is 4.18. The molecule has 0 saturated heterocycles. The number of halogens is 1. The van der Waals surface area contributed by atoms with Gasteiger partial charge < -0.3 is 10.2 Å². The van der Waals surface area contributed by atoms with Crippen molar-refractivity contribution in [1.29, 1.82) is 0 Å². The van der Waals surface area contributed by atoms with Crippen molar-refractivity contribution in [2.45, 2.75) is 51.1 Å². The zero-order valence-electron chi connectivity index (χ0n) is 21.9. The smallest absolute Gasteiger partial charge is 0.264 e. The number of aryl methyl sites for hydroxylation is 1. The van der Waals surface area contributed by atoms with Gasteiger partial charge in [0.25, 0.3) is 10.0 Å². The van der Waals surface area contributed by atoms with Crippen LogP contribution >= 0.6 is 11.6 Å². The quantitative estimate of drug-likeness (QED) is 0.334. The molecule has 0 spiro atoms. The monoisotopic (exact) mass is 555 g/mol. The first kappa shape index (κ1) is 29.2. The number of rotatable bonds is 12. The third-order valence-corrected chi connectivity index (χ3v) is 8.20. The minimum absolute atomic E-state index is 0.0330. The van der Waals surface area contributed by atoms with E-state index in [2.05, 4.69) is 5.32 Å². The lowest BCUT2D eigenvalue weighted by molar-refractivity contribution is -0.140. The molecule has 1 N–H and O–H groups in total. The third-order valence-electron chi connectivity index (χ3n) is 6.10. The largest absolute Gasteiger partial charge is 0.354 e. The lowest BCUT2D eigenvalue weighted by Gasteiger charge is -2.33. The van der Waals surface area contributed by atoms with Gasteiger partial charge >= 0.3 is 0 Å². The normalized spacial score (nSPS) is 12.0. The molecule has 3 aromatic carbocycles. The molecule has 3 aromatic rings. The summed E-state index contributed by atoms with van der Waals surface area (Å²) in [6.07, 6.45) is 1.12. The van der Waals surface area contributed by atoms with E-state index in [1.165, 1.54) is 17.0 Å². The Balaban J connectivity index is 2.05. The zero-order valence-corrected chi connectivity index (χ0v) is 23.5. The van der Waals surface area contributed by atoms with E-state index in [-0.39, 0.29) is 28.1 Å². The highest BCUT2D eigenvalue weighted by Gasteiger charge is 2.34. The van der Waals surface area contributed by atoms with Gasteiger partial charge in [0.05, 0.1) is 15.6 Å². The number of amides is 2. The minimum Gasteiger partial charge on any atom is -0.354 e. The van der Waals surface area contributed by atoms with E-state index in [0.717, 1.165) is 21.9 Å². The Hall–Kier alpha value is -3.36. The van der Waals surface area contributed by atoms with Crippen molar-refractivity contribution >= 4 is 39.1 Å². The molecule has 0 radical (unpaired) electrons. The molecule has 2 amide bonds. The van der Waals surface area contributed by atoms with Gasteiger partial charge in [0.15, 0.2) is 0 Å². The minimum atomic E-state index is -4.15. The third kappa shape index (κ3) is 7.14. The molecule has 0 saturated carbocycles. The van der Waals surface area contributed by atoms with Crippen LogP contribution in [0.25, 0.3) is 0 Å². The van der Waals surface area contributed by atoms with Gasteiger partial charge in [-0.05, 0) is 49.6 Å². The molecule has 38 heavy (non-hydrogen) atoms. The van der Waals surface area contributed by atoms with Crippen LogP contribution in [0.15, 0.2) is 83.8 Å². The van der Waals surface area contributed by atoms with Crippen LogP contribution in [0.2, 0.25) is 5.02 Å². The summed E-state index contributed by atoms with van der Waals surface area (Å²) in [6.45, 7) is 5.85. The van der Waals surface area contributed by atoms with Crippen LogP contribution < -0.4 is 9.62 Å². The predicted molar refractivity (Wildman–Crippen MR) is 152 cm³/mol. The second-order valence-corrected chi connectivity index (χ2v) is 11.3. The fourth-order valence-corrected chi connectivity index (χ4v) is 5.92. The van der Waals surface area contributed by atoms with Crippen molar-refractivity contribution in [3.63, 3.8) is 0 Å². The number of nitrogens with one attached hydrogen (secondary N) is 1. The summed E-state index contributed by atoms with van der Waals surface area (Å²) in [4.78, 5) is 28.6.